The van der Waals surface area contributed by atoms with Crippen molar-refractivity contribution >= 4 is 22.7 Å². The van der Waals surface area contributed by atoms with Gasteiger partial charge in [-0.05, 0) is 30.3 Å². The van der Waals surface area contributed by atoms with Crippen LogP contribution in [0.2, 0.25) is 0 Å². The van der Waals surface area contributed by atoms with Crippen molar-refractivity contribution in [2.75, 3.05) is 5.32 Å². The number of carbonyl (C=O) groups excluding carboxylic acids is 1. The van der Waals surface area contributed by atoms with E-state index in [1.807, 2.05) is 30.3 Å². The van der Waals surface area contributed by atoms with E-state index >= 15 is 0 Å². The molecule has 4 rings (SSSR count). The van der Waals surface area contributed by atoms with Gasteiger partial charge in [0.15, 0.2) is 5.58 Å². The van der Waals surface area contributed by atoms with Crippen LogP contribution in [0.5, 0.6) is 0 Å². The molecule has 7 heteroatoms. The Kier molecular flexibility index (Phi) is 3.24. The fourth-order valence-electron chi connectivity index (χ4n) is 2.32. The Morgan fingerprint density at radius 3 is 2.75 bits per heavy atom. The molecule has 0 radical (unpaired) electrons. The van der Waals surface area contributed by atoms with E-state index in [-0.39, 0.29) is 5.76 Å². The number of anilines is 1. The standard InChI is InChI=1S/C17H11N3O4/c21-15(14-9-18-16(23-14)10-4-2-1-3-5-10)19-11-6-7-13-12(8-11)20-17(22)24-13/h1-9H,(H,19,21)(H,20,22). The smallest absolute Gasteiger partial charge is 0.417 e. The topological polar surface area (TPSA) is 101 Å². The summed E-state index contributed by atoms with van der Waals surface area (Å²) in [5.41, 5.74) is 2.21. The monoisotopic (exact) mass is 321 g/mol. The van der Waals surface area contributed by atoms with Crippen molar-refractivity contribution in [3.05, 3.63) is 71.0 Å². The molecule has 1 amide bonds. The Bertz CT molecular complexity index is 1080. The van der Waals surface area contributed by atoms with Crippen LogP contribution < -0.4 is 11.1 Å². The van der Waals surface area contributed by atoms with Gasteiger partial charge in [0.25, 0.3) is 5.91 Å². The van der Waals surface area contributed by atoms with Gasteiger partial charge in [0.1, 0.15) is 0 Å². The molecule has 7 nitrogen and oxygen atoms in total. The van der Waals surface area contributed by atoms with E-state index in [2.05, 4.69) is 15.3 Å². The summed E-state index contributed by atoms with van der Waals surface area (Å²) >= 11 is 0. The number of aromatic amines is 1. The molecule has 0 atom stereocenters. The number of oxazole rings is 2. The summed E-state index contributed by atoms with van der Waals surface area (Å²) in [7, 11) is 0. The highest BCUT2D eigenvalue weighted by molar-refractivity contribution is 6.03. The average molecular weight is 321 g/mol. The van der Waals surface area contributed by atoms with E-state index in [1.165, 1.54) is 6.20 Å². The lowest BCUT2D eigenvalue weighted by Gasteiger charge is -2.02. The van der Waals surface area contributed by atoms with Crippen LogP contribution in [-0.2, 0) is 0 Å². The summed E-state index contributed by atoms with van der Waals surface area (Å²) in [4.78, 5) is 30.0. The number of nitrogens with one attached hydrogen (secondary N) is 2. The zero-order valence-corrected chi connectivity index (χ0v) is 12.3. The molecule has 2 aromatic heterocycles. The summed E-state index contributed by atoms with van der Waals surface area (Å²) in [5.74, 6) is -0.518. The molecule has 0 fully saturated rings. The van der Waals surface area contributed by atoms with E-state index in [4.69, 9.17) is 8.83 Å². The maximum atomic E-state index is 12.3. The summed E-state index contributed by atoms with van der Waals surface area (Å²) in [6, 6.07) is 14.1. The van der Waals surface area contributed by atoms with E-state index in [9.17, 15) is 9.59 Å². The van der Waals surface area contributed by atoms with Gasteiger partial charge in [0, 0.05) is 11.3 Å². The van der Waals surface area contributed by atoms with E-state index < -0.39 is 11.7 Å². The van der Waals surface area contributed by atoms with Crippen molar-refractivity contribution in [2.24, 2.45) is 0 Å². The molecule has 4 aromatic rings. The molecule has 118 valence electrons. The number of rotatable bonds is 3. The number of benzene rings is 2. The van der Waals surface area contributed by atoms with Crippen LogP contribution in [0.1, 0.15) is 10.6 Å². The van der Waals surface area contributed by atoms with E-state index in [1.54, 1.807) is 18.2 Å². The van der Waals surface area contributed by atoms with Gasteiger partial charge in [0.2, 0.25) is 11.7 Å². The molecule has 2 N–H and O–H groups in total. The Morgan fingerprint density at radius 1 is 1.08 bits per heavy atom. The van der Waals surface area contributed by atoms with Crippen LogP contribution in [0.3, 0.4) is 0 Å². The van der Waals surface area contributed by atoms with Crippen molar-refractivity contribution in [3.63, 3.8) is 0 Å². The van der Waals surface area contributed by atoms with Crippen LogP contribution in [0, 0.1) is 0 Å². The zero-order chi connectivity index (χ0) is 16.5. The molecule has 0 spiro atoms. The predicted molar refractivity (Wildman–Crippen MR) is 86.7 cm³/mol. The highest BCUT2D eigenvalue weighted by Gasteiger charge is 2.14. The van der Waals surface area contributed by atoms with Gasteiger partial charge in [-0.3, -0.25) is 9.78 Å². The third kappa shape index (κ3) is 2.58. The number of hydrogen-bond acceptors (Lipinski definition) is 5. The van der Waals surface area contributed by atoms with Gasteiger partial charge in [0.05, 0.1) is 11.7 Å². The molecule has 0 aliphatic heterocycles. The first kappa shape index (κ1) is 14.0. The minimum Gasteiger partial charge on any atom is -0.431 e. The number of carbonyl (C=O) groups is 1. The fraction of sp³-hybridized carbons (Fsp3) is 0. The lowest BCUT2D eigenvalue weighted by Crippen LogP contribution is -2.10. The summed E-state index contributed by atoms with van der Waals surface area (Å²) < 4.78 is 10.4. The minimum atomic E-state index is -0.545. The van der Waals surface area contributed by atoms with Gasteiger partial charge in [-0.2, -0.15) is 0 Å². The summed E-state index contributed by atoms with van der Waals surface area (Å²) in [5, 5.41) is 2.69. The number of amides is 1. The summed E-state index contributed by atoms with van der Waals surface area (Å²) in [6.45, 7) is 0. The average Bonchev–Trinajstić information content (AvgIpc) is 3.21. The van der Waals surface area contributed by atoms with E-state index in [0.29, 0.717) is 22.7 Å². The first-order chi connectivity index (χ1) is 11.7. The lowest BCUT2D eigenvalue weighted by atomic mass is 10.2. The lowest BCUT2D eigenvalue weighted by molar-refractivity contribution is 0.0997. The fourth-order valence-corrected chi connectivity index (χ4v) is 2.32. The third-order valence-corrected chi connectivity index (χ3v) is 3.43. The van der Waals surface area contributed by atoms with E-state index in [0.717, 1.165) is 5.56 Å². The number of fused-ring (bicyclic) bond motifs is 1. The van der Waals surface area contributed by atoms with Crippen molar-refractivity contribution in [1.29, 1.82) is 0 Å². The largest absolute Gasteiger partial charge is 0.431 e. The second-order valence-corrected chi connectivity index (χ2v) is 5.08. The molecule has 0 unspecified atom stereocenters. The second-order valence-electron chi connectivity index (χ2n) is 5.08. The van der Waals surface area contributed by atoms with Gasteiger partial charge in [-0.1, -0.05) is 18.2 Å². The highest BCUT2D eigenvalue weighted by Crippen LogP contribution is 2.20. The normalized spacial score (nSPS) is 10.8. The zero-order valence-electron chi connectivity index (χ0n) is 12.3. The molecule has 0 bridgehead atoms. The molecule has 24 heavy (non-hydrogen) atoms. The van der Waals surface area contributed by atoms with Crippen molar-refractivity contribution in [2.45, 2.75) is 0 Å². The SMILES string of the molecule is O=C(Nc1ccc2oc(=O)[nH]c2c1)c1cnc(-c2ccccc2)o1. The van der Waals surface area contributed by atoms with Crippen LogP contribution in [0.4, 0.5) is 5.69 Å². The quantitative estimate of drug-likeness (QED) is 0.604. The molecular formula is C17H11N3O4. The number of H-pyrrole nitrogens is 1. The Hall–Kier alpha value is -3.61. The highest BCUT2D eigenvalue weighted by atomic mass is 16.4. The first-order valence-electron chi connectivity index (χ1n) is 7.14. The van der Waals surface area contributed by atoms with Crippen LogP contribution in [0.25, 0.3) is 22.6 Å². The molecular weight excluding hydrogens is 310 g/mol. The first-order valence-corrected chi connectivity index (χ1v) is 7.14. The minimum absolute atomic E-state index is 0.0923. The van der Waals surface area contributed by atoms with Gasteiger partial charge < -0.3 is 14.2 Å². The van der Waals surface area contributed by atoms with Gasteiger partial charge in [-0.25, -0.2) is 9.78 Å². The molecule has 0 saturated heterocycles. The molecule has 2 heterocycles. The van der Waals surface area contributed by atoms with Gasteiger partial charge >= 0.3 is 5.76 Å². The molecule has 0 aliphatic carbocycles. The molecule has 0 saturated carbocycles. The Morgan fingerprint density at radius 2 is 1.92 bits per heavy atom. The maximum absolute atomic E-state index is 12.3. The van der Waals surface area contributed by atoms with Crippen molar-refractivity contribution in [1.82, 2.24) is 9.97 Å². The number of hydrogen-bond donors (Lipinski definition) is 2. The van der Waals surface area contributed by atoms with Crippen LogP contribution in [0.15, 0.2) is 68.4 Å². The molecule has 2 aromatic carbocycles. The van der Waals surface area contributed by atoms with Crippen LogP contribution >= 0.6 is 0 Å². The maximum Gasteiger partial charge on any atom is 0.417 e. The molecule has 0 aliphatic rings. The predicted octanol–water partition coefficient (Wildman–Crippen LogP) is 3.03. The van der Waals surface area contributed by atoms with Crippen molar-refractivity contribution < 1.29 is 13.6 Å². The Balaban J connectivity index is 1.57. The van der Waals surface area contributed by atoms with Crippen molar-refractivity contribution in [3.8, 4) is 11.5 Å². The van der Waals surface area contributed by atoms with Gasteiger partial charge in [-0.15, -0.1) is 0 Å². The summed E-state index contributed by atoms with van der Waals surface area (Å²) in [6.07, 6.45) is 1.37. The van der Waals surface area contributed by atoms with Crippen LogP contribution in [-0.4, -0.2) is 15.9 Å². The second kappa shape index (κ2) is 5.54. The number of aromatic nitrogens is 2. The third-order valence-electron chi connectivity index (χ3n) is 3.43. The number of nitrogens with zero attached hydrogens (tertiary/aromatic N) is 1. The Labute approximate surface area is 134 Å².